The lowest BCUT2D eigenvalue weighted by Gasteiger charge is -2.29. The standard InChI is InChI=1S/C30H34FNO2/c1-2-3-4-5-25-20-33-29(34-21-25)17-12-23-11-16-28-27(18-23)15-14-26(30(28)31)13-10-22-6-8-24(19-32)9-7-22/h6-9,11,14-16,18,25,29H,2-5,10,12-13,17,20-21H2,1H3. The van der Waals surface area contributed by atoms with Crippen molar-refractivity contribution in [1.29, 1.82) is 5.26 Å². The van der Waals surface area contributed by atoms with Gasteiger partial charge >= 0.3 is 0 Å². The molecule has 1 fully saturated rings. The summed E-state index contributed by atoms with van der Waals surface area (Å²) >= 11 is 0. The van der Waals surface area contributed by atoms with Gasteiger partial charge in [-0.3, -0.25) is 0 Å². The monoisotopic (exact) mass is 459 g/mol. The molecule has 178 valence electrons. The molecule has 0 saturated carbocycles. The minimum Gasteiger partial charge on any atom is -0.352 e. The van der Waals surface area contributed by atoms with E-state index in [1.54, 1.807) is 0 Å². The summed E-state index contributed by atoms with van der Waals surface area (Å²) in [6.45, 7) is 3.81. The number of nitrogens with zero attached hydrogens (tertiary/aromatic N) is 1. The molecule has 3 nitrogen and oxygen atoms in total. The highest BCUT2D eigenvalue weighted by atomic mass is 19.1. The fourth-order valence-corrected chi connectivity index (χ4v) is 4.64. The van der Waals surface area contributed by atoms with Crippen LogP contribution in [0.1, 0.15) is 61.3 Å². The minimum atomic E-state index is -0.139. The van der Waals surface area contributed by atoms with E-state index in [0.29, 0.717) is 23.3 Å². The van der Waals surface area contributed by atoms with E-state index < -0.39 is 0 Å². The first-order valence-electron chi connectivity index (χ1n) is 12.6. The molecule has 1 aliphatic heterocycles. The van der Waals surface area contributed by atoms with Gasteiger partial charge in [0.25, 0.3) is 0 Å². The Labute approximate surface area is 202 Å². The molecule has 1 heterocycles. The Balaban J connectivity index is 1.30. The molecule has 1 aliphatic rings. The Morgan fingerprint density at radius 3 is 2.38 bits per heavy atom. The van der Waals surface area contributed by atoms with Crippen molar-refractivity contribution in [2.45, 2.75) is 64.6 Å². The molecule has 0 radical (unpaired) electrons. The smallest absolute Gasteiger partial charge is 0.157 e. The van der Waals surface area contributed by atoms with Crippen LogP contribution in [0.25, 0.3) is 10.8 Å². The van der Waals surface area contributed by atoms with Gasteiger partial charge in [-0.15, -0.1) is 0 Å². The topological polar surface area (TPSA) is 42.2 Å². The molecular formula is C30H34FNO2. The van der Waals surface area contributed by atoms with Gasteiger partial charge < -0.3 is 9.47 Å². The van der Waals surface area contributed by atoms with Gasteiger partial charge in [0.2, 0.25) is 0 Å². The van der Waals surface area contributed by atoms with Crippen molar-refractivity contribution in [1.82, 2.24) is 0 Å². The van der Waals surface area contributed by atoms with Crippen molar-refractivity contribution in [3.8, 4) is 6.07 Å². The molecule has 0 aromatic heterocycles. The number of halogens is 1. The minimum absolute atomic E-state index is 0.134. The van der Waals surface area contributed by atoms with Gasteiger partial charge in [0, 0.05) is 17.7 Å². The number of aryl methyl sites for hydroxylation is 3. The van der Waals surface area contributed by atoms with E-state index in [9.17, 15) is 0 Å². The van der Waals surface area contributed by atoms with Gasteiger partial charge in [0.15, 0.2) is 6.29 Å². The van der Waals surface area contributed by atoms with Crippen LogP contribution in [0.2, 0.25) is 0 Å². The Morgan fingerprint density at radius 1 is 0.882 bits per heavy atom. The van der Waals surface area contributed by atoms with E-state index >= 15 is 4.39 Å². The van der Waals surface area contributed by atoms with Crippen LogP contribution in [-0.4, -0.2) is 19.5 Å². The van der Waals surface area contributed by atoms with E-state index in [-0.39, 0.29) is 12.1 Å². The molecule has 34 heavy (non-hydrogen) atoms. The summed E-state index contributed by atoms with van der Waals surface area (Å²) in [5.41, 5.74) is 3.65. The van der Waals surface area contributed by atoms with Crippen LogP contribution in [0.4, 0.5) is 4.39 Å². The Morgan fingerprint density at radius 2 is 1.65 bits per heavy atom. The normalized spacial score (nSPS) is 18.1. The van der Waals surface area contributed by atoms with Crippen molar-refractivity contribution in [3.63, 3.8) is 0 Å². The molecule has 3 aromatic rings. The molecule has 0 unspecified atom stereocenters. The van der Waals surface area contributed by atoms with Crippen LogP contribution >= 0.6 is 0 Å². The zero-order chi connectivity index (χ0) is 23.8. The second-order valence-electron chi connectivity index (χ2n) is 9.40. The molecule has 0 spiro atoms. The van der Waals surface area contributed by atoms with Crippen molar-refractivity contribution < 1.29 is 13.9 Å². The molecule has 4 heteroatoms. The average Bonchev–Trinajstić information content (AvgIpc) is 2.88. The maximum absolute atomic E-state index is 15.2. The summed E-state index contributed by atoms with van der Waals surface area (Å²) in [6.07, 6.45) is 7.86. The lowest BCUT2D eigenvalue weighted by molar-refractivity contribution is -0.203. The fraction of sp³-hybridized carbons (Fsp3) is 0.433. The molecular weight excluding hydrogens is 425 g/mol. The summed E-state index contributed by atoms with van der Waals surface area (Å²) in [4.78, 5) is 0. The summed E-state index contributed by atoms with van der Waals surface area (Å²) in [7, 11) is 0. The second-order valence-corrected chi connectivity index (χ2v) is 9.40. The number of nitriles is 1. The second kappa shape index (κ2) is 12.1. The lowest BCUT2D eigenvalue weighted by Crippen LogP contribution is -2.32. The molecule has 3 aromatic carbocycles. The summed E-state index contributed by atoms with van der Waals surface area (Å²) in [5.74, 6) is 0.392. The van der Waals surface area contributed by atoms with E-state index in [4.69, 9.17) is 14.7 Å². The predicted molar refractivity (Wildman–Crippen MR) is 134 cm³/mol. The van der Waals surface area contributed by atoms with Crippen molar-refractivity contribution in [2.24, 2.45) is 5.92 Å². The van der Waals surface area contributed by atoms with E-state index in [1.807, 2.05) is 48.5 Å². The summed E-state index contributed by atoms with van der Waals surface area (Å²) in [5, 5.41) is 10.5. The van der Waals surface area contributed by atoms with Gasteiger partial charge in [-0.05, 0) is 59.9 Å². The molecule has 1 saturated heterocycles. The molecule has 4 rings (SSSR count). The Hall–Kier alpha value is -2.74. The van der Waals surface area contributed by atoms with Crippen LogP contribution in [0.3, 0.4) is 0 Å². The maximum Gasteiger partial charge on any atom is 0.157 e. The Bertz CT molecular complexity index is 1110. The first kappa shape index (κ1) is 24.4. The first-order chi connectivity index (χ1) is 16.7. The highest BCUT2D eigenvalue weighted by Gasteiger charge is 2.21. The predicted octanol–water partition coefficient (Wildman–Crippen LogP) is 7.14. The molecule has 0 aliphatic carbocycles. The third kappa shape index (κ3) is 6.44. The fourth-order valence-electron chi connectivity index (χ4n) is 4.64. The quantitative estimate of drug-likeness (QED) is 0.303. The molecule has 0 N–H and O–H groups in total. The lowest BCUT2D eigenvalue weighted by atomic mass is 9.98. The molecule has 0 bridgehead atoms. The van der Waals surface area contributed by atoms with E-state index in [1.165, 1.54) is 31.2 Å². The number of unbranched alkanes of at least 4 members (excludes halogenated alkanes) is 2. The third-order valence-corrected chi connectivity index (χ3v) is 6.78. The number of fused-ring (bicyclic) bond motifs is 1. The summed E-state index contributed by atoms with van der Waals surface area (Å²) in [6, 6.07) is 19.5. The zero-order valence-electron chi connectivity index (χ0n) is 20.1. The van der Waals surface area contributed by atoms with Crippen LogP contribution in [0.15, 0.2) is 54.6 Å². The number of benzene rings is 3. The van der Waals surface area contributed by atoms with Gasteiger partial charge in [-0.25, -0.2) is 4.39 Å². The highest BCUT2D eigenvalue weighted by molar-refractivity contribution is 5.84. The first-order valence-corrected chi connectivity index (χ1v) is 12.6. The SMILES string of the molecule is CCCCCC1COC(CCc2ccc3c(F)c(CCc4ccc(C#N)cc4)ccc3c2)OC1. The largest absolute Gasteiger partial charge is 0.352 e. The van der Waals surface area contributed by atoms with Crippen LogP contribution in [-0.2, 0) is 28.7 Å². The van der Waals surface area contributed by atoms with Crippen LogP contribution < -0.4 is 0 Å². The van der Waals surface area contributed by atoms with Crippen molar-refractivity contribution in [3.05, 3.63) is 82.7 Å². The number of rotatable bonds is 10. The van der Waals surface area contributed by atoms with Crippen molar-refractivity contribution >= 4 is 10.8 Å². The van der Waals surface area contributed by atoms with Crippen LogP contribution in [0, 0.1) is 23.1 Å². The molecule has 0 atom stereocenters. The number of ether oxygens (including phenoxy) is 2. The maximum atomic E-state index is 15.2. The van der Waals surface area contributed by atoms with Gasteiger partial charge in [-0.1, -0.05) is 68.7 Å². The Kier molecular flexibility index (Phi) is 8.68. The van der Waals surface area contributed by atoms with Crippen LogP contribution in [0.5, 0.6) is 0 Å². The summed E-state index contributed by atoms with van der Waals surface area (Å²) < 4.78 is 27.1. The number of hydrogen-bond donors (Lipinski definition) is 0. The third-order valence-electron chi connectivity index (χ3n) is 6.78. The highest BCUT2D eigenvalue weighted by Crippen LogP contribution is 2.25. The van der Waals surface area contributed by atoms with Gasteiger partial charge in [0.05, 0.1) is 24.8 Å². The van der Waals surface area contributed by atoms with Crippen molar-refractivity contribution in [2.75, 3.05) is 13.2 Å². The zero-order valence-corrected chi connectivity index (χ0v) is 20.1. The van der Waals surface area contributed by atoms with Gasteiger partial charge in [-0.2, -0.15) is 5.26 Å². The number of hydrogen-bond acceptors (Lipinski definition) is 3. The average molecular weight is 460 g/mol. The van der Waals surface area contributed by atoms with E-state index in [0.717, 1.165) is 49.0 Å². The van der Waals surface area contributed by atoms with E-state index in [2.05, 4.69) is 19.1 Å². The molecule has 0 amide bonds. The van der Waals surface area contributed by atoms with Gasteiger partial charge in [0.1, 0.15) is 5.82 Å².